The van der Waals surface area contributed by atoms with Gasteiger partial charge in [0.15, 0.2) is 25.0 Å². The molecule has 0 spiro atoms. The minimum atomic E-state index is -2.21. The van der Waals surface area contributed by atoms with Gasteiger partial charge in [-0.2, -0.15) is 0 Å². The van der Waals surface area contributed by atoms with E-state index in [1.807, 2.05) is 12.1 Å². The minimum absolute atomic E-state index is 0.0126. The largest absolute Gasteiger partial charge is 0.497 e. The average molecular weight is 940 g/mol. The van der Waals surface area contributed by atoms with Crippen LogP contribution in [0.1, 0.15) is 127 Å². The first-order chi connectivity index (χ1) is 29.5. The molecule has 1 aromatic carbocycles. The third-order valence-electron chi connectivity index (χ3n) is 14.6. The smallest absolute Gasteiger partial charge is 0.193 e. The van der Waals surface area contributed by atoms with Crippen LogP contribution in [0.15, 0.2) is 84.5 Å². The number of hydrogen-bond acceptors (Lipinski definition) is 7. The Kier molecular flexibility index (Phi) is 21.5. The topological polar surface area (TPSA) is 64.6 Å². The summed E-state index contributed by atoms with van der Waals surface area (Å²) in [6, 6.07) is 8.14. The van der Waals surface area contributed by atoms with Gasteiger partial charge in [-0.05, 0) is 130 Å². The highest BCUT2D eigenvalue weighted by Crippen LogP contribution is 2.41. The zero-order chi connectivity index (χ0) is 48.1. The van der Waals surface area contributed by atoms with E-state index >= 15 is 0 Å². The van der Waals surface area contributed by atoms with Crippen molar-refractivity contribution in [2.45, 2.75) is 219 Å². The van der Waals surface area contributed by atoms with Gasteiger partial charge in [0.05, 0.1) is 56.9 Å². The van der Waals surface area contributed by atoms with E-state index < -0.39 is 25.0 Å². The van der Waals surface area contributed by atoms with Crippen LogP contribution in [0.5, 0.6) is 5.75 Å². The van der Waals surface area contributed by atoms with Crippen LogP contribution in [0.2, 0.25) is 54.4 Å². The van der Waals surface area contributed by atoms with Gasteiger partial charge < -0.3 is 32.2 Å². The lowest BCUT2D eigenvalue weighted by Crippen LogP contribution is -2.47. The lowest BCUT2D eigenvalue weighted by Gasteiger charge is -2.40. The Labute approximate surface area is 396 Å². The molecule has 2 aliphatic rings. The third kappa shape index (κ3) is 18.7. The van der Waals surface area contributed by atoms with Crippen LogP contribution in [-0.4, -0.2) is 81.9 Å². The van der Waals surface area contributed by atoms with Gasteiger partial charge in [0.1, 0.15) is 5.75 Å². The van der Waals surface area contributed by atoms with Crippen molar-refractivity contribution >= 4 is 25.0 Å². The minimum Gasteiger partial charge on any atom is -0.497 e. The van der Waals surface area contributed by atoms with Crippen molar-refractivity contribution in [3.8, 4) is 5.75 Å². The van der Waals surface area contributed by atoms with Gasteiger partial charge in [-0.15, -0.1) is 0 Å². The molecular formula is C54H94O7Si3. The molecular weight excluding hydrogens is 845 g/mol. The lowest BCUT2D eigenvalue weighted by molar-refractivity contribution is -0.0204. The molecule has 0 saturated carbocycles. The average Bonchev–Trinajstić information content (AvgIpc) is 3.16. The summed E-state index contributed by atoms with van der Waals surface area (Å²) in [5.74, 6) is 1.27. The molecule has 364 valence electrons. The van der Waals surface area contributed by atoms with Gasteiger partial charge in [-0.3, -0.25) is 0 Å². The summed E-state index contributed by atoms with van der Waals surface area (Å²) >= 11 is 0. The second kappa shape index (κ2) is 24.4. The summed E-state index contributed by atoms with van der Waals surface area (Å²) in [4.78, 5) is 0. The summed E-state index contributed by atoms with van der Waals surface area (Å²) < 4.78 is 46.1. The van der Waals surface area contributed by atoms with Crippen LogP contribution in [0, 0.1) is 5.92 Å². The Morgan fingerprint density at radius 3 is 2.08 bits per heavy atom. The van der Waals surface area contributed by atoms with E-state index in [0.717, 1.165) is 56.4 Å². The van der Waals surface area contributed by atoms with E-state index in [9.17, 15) is 0 Å². The molecule has 7 atom stereocenters. The van der Waals surface area contributed by atoms with Gasteiger partial charge in [-0.1, -0.05) is 142 Å². The van der Waals surface area contributed by atoms with Crippen LogP contribution in [-0.2, 0) is 34.1 Å². The number of rotatable bonds is 24. The number of ether oxygens (including phenoxy) is 4. The Balaban J connectivity index is 1.82. The highest BCUT2D eigenvalue weighted by molar-refractivity contribution is 6.75. The zero-order valence-corrected chi connectivity index (χ0v) is 47.0. The summed E-state index contributed by atoms with van der Waals surface area (Å²) in [6.07, 6.45) is 21.6. The third-order valence-corrected chi connectivity index (χ3v) is 28.1. The van der Waals surface area contributed by atoms with Crippen LogP contribution < -0.4 is 4.74 Å². The fraction of sp³-hybridized carbons (Fsp3) is 0.704. The van der Waals surface area contributed by atoms with E-state index in [-0.39, 0.29) is 51.7 Å². The standard InChI is InChI=1S/C54H94O7Si3/c1-41-32-34-56-47(37-41)30-31-51(61-64(18,19)54(10,11)12)50(57-40-44-26-28-45(55-13)29-27-44)25-21-24-49(60-63(16,17)53(7,8)9)39-43(3)36-42(2)38-48-23-20-22-46(59-48)33-35-58-62(14,15)52(4,5)6/h20-22,24,26-32,42,46-51H,3,23,25,33-40H2,1-2,4-19H3/t42-,46-,47+,48-,49?,50-,51-/m0/s1. The predicted octanol–water partition coefficient (Wildman–Crippen LogP) is 15.1. The quantitative estimate of drug-likeness (QED) is 0.0756. The summed E-state index contributed by atoms with van der Waals surface area (Å²) in [7, 11) is -4.43. The Morgan fingerprint density at radius 1 is 0.859 bits per heavy atom. The molecule has 0 amide bonds. The van der Waals surface area contributed by atoms with Crippen molar-refractivity contribution in [1.82, 2.24) is 0 Å². The molecule has 3 rings (SSSR count). The van der Waals surface area contributed by atoms with E-state index in [0.29, 0.717) is 25.6 Å². The first-order valence-corrected chi connectivity index (χ1v) is 33.1. The molecule has 1 unspecified atom stereocenters. The van der Waals surface area contributed by atoms with Crippen molar-refractivity contribution in [3.05, 3.63) is 90.1 Å². The van der Waals surface area contributed by atoms with Crippen LogP contribution in [0.3, 0.4) is 0 Å². The molecule has 0 saturated heterocycles. The lowest BCUT2D eigenvalue weighted by atomic mass is 9.91. The van der Waals surface area contributed by atoms with Crippen molar-refractivity contribution < 1.29 is 32.2 Å². The molecule has 0 aromatic heterocycles. The second-order valence-corrected chi connectivity index (χ2v) is 37.8. The van der Waals surface area contributed by atoms with Gasteiger partial charge >= 0.3 is 0 Å². The number of hydrogen-bond donors (Lipinski definition) is 0. The Bertz CT molecular complexity index is 1690. The number of methoxy groups -OCH3 is 1. The molecule has 0 radical (unpaired) electrons. The first-order valence-electron chi connectivity index (χ1n) is 24.4. The van der Waals surface area contributed by atoms with Crippen LogP contribution in [0.4, 0.5) is 0 Å². The van der Waals surface area contributed by atoms with Crippen molar-refractivity contribution in [3.63, 3.8) is 0 Å². The summed E-state index contributed by atoms with van der Waals surface area (Å²) in [6.45, 7) is 45.7. The van der Waals surface area contributed by atoms with E-state index in [1.54, 1.807) is 7.11 Å². The van der Waals surface area contributed by atoms with Crippen molar-refractivity contribution in [1.29, 1.82) is 0 Å². The maximum absolute atomic E-state index is 7.26. The predicted molar refractivity (Wildman–Crippen MR) is 279 cm³/mol. The maximum atomic E-state index is 7.26. The normalized spacial score (nSPS) is 21.5. The number of benzene rings is 1. The Hall–Kier alpha value is -1.87. The second-order valence-electron chi connectivity index (χ2n) is 23.5. The van der Waals surface area contributed by atoms with Crippen LogP contribution >= 0.6 is 0 Å². The van der Waals surface area contributed by atoms with E-state index in [4.69, 9.17) is 32.2 Å². The van der Waals surface area contributed by atoms with Gasteiger partial charge in [-0.25, -0.2) is 0 Å². The van der Waals surface area contributed by atoms with Crippen molar-refractivity contribution in [2.75, 3.05) is 20.3 Å². The molecule has 2 heterocycles. The SMILES string of the molecule is C=C(CC(C=CC[C@H](OCc1ccc(OC)cc1)[C@H](C=C[C@@H]1CC(C)=CCO1)O[Si](C)(C)C(C)(C)C)O[Si](C)(C)C(C)(C)C)C[C@H](C)C[C@@H]1CC=C[C@@H](CCO[Si](C)(C)C(C)(C)C)O1. The molecule has 64 heavy (non-hydrogen) atoms. The fourth-order valence-corrected chi connectivity index (χ4v) is 10.9. The molecule has 0 fully saturated rings. The maximum Gasteiger partial charge on any atom is 0.193 e. The molecule has 0 aliphatic carbocycles. The monoisotopic (exact) mass is 939 g/mol. The van der Waals surface area contributed by atoms with Crippen molar-refractivity contribution in [2.24, 2.45) is 5.92 Å². The molecule has 0 N–H and O–H groups in total. The molecule has 1 aromatic rings. The van der Waals surface area contributed by atoms with E-state index in [2.05, 4.69) is 177 Å². The fourth-order valence-electron chi connectivity index (χ4n) is 7.26. The van der Waals surface area contributed by atoms with Gasteiger partial charge in [0.2, 0.25) is 0 Å². The highest BCUT2D eigenvalue weighted by Gasteiger charge is 2.42. The molecule has 7 nitrogen and oxygen atoms in total. The highest BCUT2D eigenvalue weighted by atomic mass is 28.4. The summed E-state index contributed by atoms with van der Waals surface area (Å²) in [5.41, 5.74) is 3.66. The summed E-state index contributed by atoms with van der Waals surface area (Å²) in [5, 5.41) is 0.298. The zero-order valence-electron chi connectivity index (χ0n) is 44.0. The van der Waals surface area contributed by atoms with Gasteiger partial charge in [0.25, 0.3) is 0 Å². The van der Waals surface area contributed by atoms with Gasteiger partial charge in [0, 0.05) is 6.61 Å². The molecule has 2 aliphatic heterocycles. The first kappa shape index (κ1) is 56.5. The Morgan fingerprint density at radius 2 is 1.48 bits per heavy atom. The molecule has 0 bridgehead atoms. The van der Waals surface area contributed by atoms with E-state index in [1.165, 1.54) is 11.1 Å². The van der Waals surface area contributed by atoms with Crippen LogP contribution in [0.25, 0.3) is 0 Å². The molecule has 10 heteroatoms.